The van der Waals surface area contributed by atoms with E-state index in [1.165, 1.54) is 37.6 Å². The Balaban J connectivity index is 1.96. The minimum absolute atomic E-state index is 0.156. The van der Waals surface area contributed by atoms with Crippen LogP contribution < -0.4 is 5.32 Å². The zero-order valence-corrected chi connectivity index (χ0v) is 17.9. The Kier molecular flexibility index (Phi) is 7.29. The zero-order chi connectivity index (χ0) is 24.0. The zero-order valence-electron chi connectivity index (χ0n) is 17.9. The second kappa shape index (κ2) is 10.3. The molecule has 0 radical (unpaired) electrons. The van der Waals surface area contributed by atoms with Gasteiger partial charge >= 0.3 is 11.9 Å². The summed E-state index contributed by atoms with van der Waals surface area (Å²) in [5, 5.41) is 14.3. The van der Waals surface area contributed by atoms with Gasteiger partial charge in [0.15, 0.2) is 0 Å². The second-order valence-corrected chi connectivity index (χ2v) is 7.13. The van der Waals surface area contributed by atoms with E-state index in [0.29, 0.717) is 11.1 Å². The largest absolute Gasteiger partial charge is 0.469 e. The molecular formula is C23H21N3O7. The molecule has 3 aromatic rings. The number of nitrogens with one attached hydrogen (secondary N) is 1. The monoisotopic (exact) mass is 451 g/mol. The number of methoxy groups -OCH3 is 2. The molecule has 1 amide bonds. The van der Waals surface area contributed by atoms with Gasteiger partial charge in [-0.3, -0.25) is 24.7 Å². The van der Waals surface area contributed by atoms with Crippen LogP contribution in [0.1, 0.15) is 28.3 Å². The first-order valence-corrected chi connectivity index (χ1v) is 9.88. The minimum atomic E-state index is -1.27. The van der Waals surface area contributed by atoms with E-state index in [1.807, 2.05) is 12.1 Å². The van der Waals surface area contributed by atoms with Crippen LogP contribution in [0.25, 0.3) is 10.9 Å². The molecule has 1 N–H and O–H groups in total. The molecular weight excluding hydrogens is 430 g/mol. The number of ether oxygens (including phenoxy) is 2. The number of nitrogens with zero attached hydrogens (tertiary/aromatic N) is 2. The number of hydrogen-bond acceptors (Lipinski definition) is 8. The van der Waals surface area contributed by atoms with Gasteiger partial charge in [0.1, 0.15) is 6.04 Å². The van der Waals surface area contributed by atoms with Crippen LogP contribution in [0.2, 0.25) is 0 Å². The number of nitro groups is 1. The third-order valence-corrected chi connectivity index (χ3v) is 5.14. The Labute approximate surface area is 188 Å². The third kappa shape index (κ3) is 5.48. The fourth-order valence-corrected chi connectivity index (χ4v) is 3.40. The average molecular weight is 451 g/mol. The molecule has 33 heavy (non-hydrogen) atoms. The number of amides is 1. The van der Waals surface area contributed by atoms with Crippen LogP contribution in [0.4, 0.5) is 5.69 Å². The first-order chi connectivity index (χ1) is 15.8. The predicted molar refractivity (Wildman–Crippen MR) is 117 cm³/mol. The summed E-state index contributed by atoms with van der Waals surface area (Å²) in [7, 11) is 2.35. The fraction of sp³-hybridized carbons (Fsp3) is 0.217. The number of rotatable bonds is 8. The van der Waals surface area contributed by atoms with Crippen molar-refractivity contribution in [3.8, 4) is 0 Å². The lowest BCUT2D eigenvalue weighted by Crippen LogP contribution is -2.46. The lowest BCUT2D eigenvalue weighted by molar-refractivity contribution is -0.384. The summed E-state index contributed by atoms with van der Waals surface area (Å²) in [5.74, 6) is -2.92. The molecule has 1 heterocycles. The van der Waals surface area contributed by atoms with Crippen molar-refractivity contribution >= 4 is 34.4 Å². The lowest BCUT2D eigenvalue weighted by atomic mass is 9.88. The van der Waals surface area contributed by atoms with Gasteiger partial charge in [0.2, 0.25) is 0 Å². The molecule has 0 saturated carbocycles. The number of aromatic nitrogens is 1. The highest BCUT2D eigenvalue weighted by Crippen LogP contribution is 2.27. The smallest absolute Gasteiger partial charge is 0.329 e. The molecule has 0 aliphatic carbocycles. The van der Waals surface area contributed by atoms with Gasteiger partial charge in [-0.15, -0.1) is 0 Å². The summed E-state index contributed by atoms with van der Waals surface area (Å²) >= 11 is 0. The van der Waals surface area contributed by atoms with E-state index in [-0.39, 0.29) is 17.7 Å². The SMILES string of the molecule is COC(=O)C[C@H](c1ccc([N+](=O)[O-])cc1)[C@H](NC(=O)c1cnc2ccccc2c1)C(=O)OC. The van der Waals surface area contributed by atoms with Crippen molar-refractivity contribution in [3.63, 3.8) is 0 Å². The molecule has 2 aromatic carbocycles. The number of esters is 2. The number of non-ortho nitro benzene ring substituents is 1. The van der Waals surface area contributed by atoms with Crippen molar-refractivity contribution in [1.29, 1.82) is 0 Å². The van der Waals surface area contributed by atoms with Crippen molar-refractivity contribution in [3.05, 3.63) is 82.0 Å². The summed E-state index contributed by atoms with van der Waals surface area (Å²) in [6.45, 7) is 0. The lowest BCUT2D eigenvalue weighted by Gasteiger charge is -2.26. The van der Waals surface area contributed by atoms with E-state index in [0.717, 1.165) is 12.5 Å². The summed E-state index contributed by atoms with van der Waals surface area (Å²) in [6, 6.07) is 12.9. The molecule has 0 aliphatic rings. The van der Waals surface area contributed by atoms with Crippen LogP contribution in [-0.4, -0.2) is 48.0 Å². The Bertz CT molecular complexity index is 1190. The Hall–Kier alpha value is -4.34. The van der Waals surface area contributed by atoms with E-state index in [2.05, 4.69) is 10.3 Å². The van der Waals surface area contributed by atoms with Gasteiger partial charge in [-0.2, -0.15) is 0 Å². The van der Waals surface area contributed by atoms with Crippen LogP contribution >= 0.6 is 0 Å². The molecule has 2 atom stereocenters. The first-order valence-electron chi connectivity index (χ1n) is 9.88. The molecule has 0 bridgehead atoms. The number of pyridine rings is 1. The quantitative estimate of drug-likeness (QED) is 0.313. The van der Waals surface area contributed by atoms with E-state index in [1.54, 1.807) is 18.2 Å². The maximum atomic E-state index is 13.0. The minimum Gasteiger partial charge on any atom is -0.469 e. The Morgan fingerprint density at radius 1 is 1.06 bits per heavy atom. The molecule has 3 rings (SSSR count). The highest BCUT2D eigenvalue weighted by atomic mass is 16.6. The van der Waals surface area contributed by atoms with E-state index < -0.39 is 34.7 Å². The van der Waals surface area contributed by atoms with E-state index in [9.17, 15) is 24.5 Å². The molecule has 10 heteroatoms. The number of benzene rings is 2. The number of carbonyl (C=O) groups excluding carboxylic acids is 3. The number of hydrogen-bond donors (Lipinski definition) is 1. The molecule has 0 unspecified atom stereocenters. The number of para-hydroxylation sites is 1. The topological polar surface area (TPSA) is 138 Å². The second-order valence-electron chi connectivity index (χ2n) is 7.13. The van der Waals surface area contributed by atoms with Crippen molar-refractivity contribution < 1.29 is 28.8 Å². The number of nitro benzene ring substituents is 1. The molecule has 1 aromatic heterocycles. The van der Waals surface area contributed by atoms with Crippen molar-refractivity contribution in [2.75, 3.05) is 14.2 Å². The maximum absolute atomic E-state index is 13.0. The van der Waals surface area contributed by atoms with Crippen LogP contribution in [-0.2, 0) is 19.1 Å². The summed E-state index contributed by atoms with van der Waals surface area (Å²) in [6.07, 6.45) is 1.11. The van der Waals surface area contributed by atoms with E-state index in [4.69, 9.17) is 9.47 Å². The van der Waals surface area contributed by atoms with Crippen molar-refractivity contribution in [2.24, 2.45) is 0 Å². The molecule has 10 nitrogen and oxygen atoms in total. The van der Waals surface area contributed by atoms with Crippen LogP contribution in [0, 0.1) is 10.1 Å². The number of fused-ring (bicyclic) bond motifs is 1. The molecule has 170 valence electrons. The summed E-state index contributed by atoms with van der Waals surface area (Å²) < 4.78 is 9.61. The van der Waals surface area contributed by atoms with E-state index >= 15 is 0 Å². The fourth-order valence-electron chi connectivity index (χ4n) is 3.40. The highest BCUT2D eigenvalue weighted by molar-refractivity contribution is 5.99. The van der Waals surface area contributed by atoms with Gasteiger partial charge in [-0.1, -0.05) is 30.3 Å². The van der Waals surface area contributed by atoms with Gasteiger partial charge < -0.3 is 14.8 Å². The van der Waals surface area contributed by atoms with Crippen LogP contribution in [0.3, 0.4) is 0 Å². The number of carbonyl (C=O) groups is 3. The Morgan fingerprint density at radius 2 is 1.76 bits per heavy atom. The maximum Gasteiger partial charge on any atom is 0.329 e. The molecule has 0 aliphatic heterocycles. The molecule has 0 fully saturated rings. The first kappa shape index (κ1) is 23.3. The van der Waals surface area contributed by atoms with Gasteiger partial charge in [0, 0.05) is 29.6 Å². The predicted octanol–water partition coefficient (Wildman–Crippen LogP) is 2.76. The normalized spacial score (nSPS) is 12.4. The van der Waals surface area contributed by atoms with Crippen LogP contribution in [0.5, 0.6) is 0 Å². The van der Waals surface area contributed by atoms with Crippen molar-refractivity contribution in [1.82, 2.24) is 10.3 Å². The summed E-state index contributed by atoms with van der Waals surface area (Å²) in [4.78, 5) is 52.4. The third-order valence-electron chi connectivity index (χ3n) is 5.14. The molecule has 0 spiro atoms. The van der Waals surface area contributed by atoms with Gasteiger partial charge in [-0.05, 0) is 17.7 Å². The average Bonchev–Trinajstić information content (AvgIpc) is 2.85. The molecule has 0 saturated heterocycles. The van der Waals surface area contributed by atoms with Gasteiger partial charge in [0.05, 0.1) is 36.6 Å². The van der Waals surface area contributed by atoms with Gasteiger partial charge in [0.25, 0.3) is 11.6 Å². The highest BCUT2D eigenvalue weighted by Gasteiger charge is 2.34. The van der Waals surface area contributed by atoms with Crippen molar-refractivity contribution in [2.45, 2.75) is 18.4 Å². The van der Waals surface area contributed by atoms with Crippen LogP contribution in [0.15, 0.2) is 60.8 Å². The Morgan fingerprint density at radius 3 is 2.39 bits per heavy atom. The summed E-state index contributed by atoms with van der Waals surface area (Å²) in [5.41, 5.74) is 1.17. The standard InChI is InChI=1S/C23H21N3O7/c1-32-20(27)12-18(14-7-9-17(10-8-14)26(30)31)21(23(29)33-2)25-22(28)16-11-15-5-3-4-6-19(15)24-13-16/h3-11,13,18,21H,12H2,1-2H3,(H,25,28)/t18-,21+/m1/s1. The van der Waals surface area contributed by atoms with Gasteiger partial charge in [-0.25, -0.2) is 4.79 Å².